The van der Waals surface area contributed by atoms with Gasteiger partial charge in [-0.05, 0) is 6.92 Å². The average Bonchev–Trinajstić information content (AvgIpc) is 2.84. The van der Waals surface area contributed by atoms with Gasteiger partial charge < -0.3 is 9.84 Å². The molecule has 0 aromatic carbocycles. The van der Waals surface area contributed by atoms with Crippen LogP contribution < -0.4 is 5.32 Å². The van der Waals surface area contributed by atoms with Crippen molar-refractivity contribution in [1.29, 1.82) is 0 Å². The SMILES string of the molecule is Cc1cc(C(=O)Nc2cc(C(F)(F)F)n(C)n2)on1. The summed E-state index contributed by atoms with van der Waals surface area (Å²) in [6.45, 7) is 1.61. The van der Waals surface area contributed by atoms with E-state index in [4.69, 9.17) is 0 Å². The summed E-state index contributed by atoms with van der Waals surface area (Å²) in [5.74, 6) is -1.03. The Morgan fingerprint density at radius 2 is 2.11 bits per heavy atom. The Hall–Kier alpha value is -2.32. The summed E-state index contributed by atoms with van der Waals surface area (Å²) in [6, 6.07) is 2.10. The van der Waals surface area contributed by atoms with Gasteiger partial charge in [-0.2, -0.15) is 18.3 Å². The highest BCUT2D eigenvalue weighted by atomic mass is 19.4. The number of aromatic nitrogens is 3. The van der Waals surface area contributed by atoms with E-state index < -0.39 is 17.8 Å². The molecule has 0 saturated carbocycles. The molecule has 0 radical (unpaired) electrons. The van der Waals surface area contributed by atoms with Gasteiger partial charge in [0.25, 0.3) is 5.91 Å². The zero-order valence-electron chi connectivity index (χ0n) is 9.95. The number of nitrogens with one attached hydrogen (secondary N) is 1. The second-order valence-electron chi connectivity index (χ2n) is 3.82. The van der Waals surface area contributed by atoms with Gasteiger partial charge in [-0.15, -0.1) is 0 Å². The maximum absolute atomic E-state index is 12.5. The number of hydrogen-bond donors (Lipinski definition) is 1. The Bertz CT molecular complexity index is 615. The fourth-order valence-corrected chi connectivity index (χ4v) is 1.44. The number of hydrogen-bond acceptors (Lipinski definition) is 4. The highest BCUT2D eigenvalue weighted by molar-refractivity contribution is 6.01. The van der Waals surface area contributed by atoms with E-state index in [0.717, 1.165) is 13.1 Å². The molecule has 102 valence electrons. The number of anilines is 1. The maximum atomic E-state index is 12.5. The van der Waals surface area contributed by atoms with E-state index in [2.05, 4.69) is 20.1 Å². The van der Waals surface area contributed by atoms with Crippen LogP contribution in [0.5, 0.6) is 0 Å². The van der Waals surface area contributed by atoms with Crippen LogP contribution in [-0.4, -0.2) is 20.8 Å². The zero-order valence-corrected chi connectivity index (χ0v) is 9.95. The Labute approximate surface area is 105 Å². The summed E-state index contributed by atoms with van der Waals surface area (Å²) < 4.78 is 42.9. The molecule has 0 spiro atoms. The second kappa shape index (κ2) is 4.41. The van der Waals surface area contributed by atoms with Crippen molar-refractivity contribution in [1.82, 2.24) is 14.9 Å². The molecular weight excluding hydrogens is 265 g/mol. The Morgan fingerprint density at radius 3 is 2.58 bits per heavy atom. The largest absolute Gasteiger partial charge is 0.433 e. The summed E-state index contributed by atoms with van der Waals surface area (Å²) >= 11 is 0. The van der Waals surface area contributed by atoms with Crippen LogP contribution in [0, 0.1) is 6.92 Å². The van der Waals surface area contributed by atoms with Crippen molar-refractivity contribution in [2.45, 2.75) is 13.1 Å². The molecule has 2 heterocycles. The molecule has 0 atom stereocenters. The molecule has 0 saturated heterocycles. The molecule has 19 heavy (non-hydrogen) atoms. The number of rotatable bonds is 2. The predicted molar refractivity (Wildman–Crippen MR) is 57.4 cm³/mol. The third-order valence-corrected chi connectivity index (χ3v) is 2.26. The first kappa shape index (κ1) is 13.1. The molecule has 0 aliphatic rings. The number of nitrogens with zero attached hydrogens (tertiary/aromatic N) is 3. The number of amides is 1. The van der Waals surface area contributed by atoms with Crippen LogP contribution in [0.3, 0.4) is 0 Å². The Kier molecular flexibility index (Phi) is 3.05. The molecule has 2 aromatic rings. The third kappa shape index (κ3) is 2.75. The van der Waals surface area contributed by atoms with Gasteiger partial charge in [-0.1, -0.05) is 5.16 Å². The van der Waals surface area contributed by atoms with E-state index in [0.29, 0.717) is 10.4 Å². The van der Waals surface area contributed by atoms with Crippen molar-refractivity contribution in [2.24, 2.45) is 7.05 Å². The van der Waals surface area contributed by atoms with E-state index in [1.165, 1.54) is 6.07 Å². The van der Waals surface area contributed by atoms with Crippen molar-refractivity contribution < 1.29 is 22.5 Å². The van der Waals surface area contributed by atoms with Gasteiger partial charge in [0, 0.05) is 19.2 Å². The third-order valence-electron chi connectivity index (χ3n) is 2.26. The molecule has 6 nitrogen and oxygen atoms in total. The number of carbonyl (C=O) groups excluding carboxylic acids is 1. The lowest BCUT2D eigenvalue weighted by atomic mass is 10.3. The van der Waals surface area contributed by atoms with Gasteiger partial charge in [0.2, 0.25) is 5.76 Å². The summed E-state index contributed by atoms with van der Waals surface area (Å²) in [5, 5.41) is 9.25. The lowest BCUT2D eigenvalue weighted by Gasteiger charge is -2.04. The van der Waals surface area contributed by atoms with E-state index in [1.807, 2.05) is 0 Å². The van der Waals surface area contributed by atoms with Crippen LogP contribution >= 0.6 is 0 Å². The van der Waals surface area contributed by atoms with Crippen LogP contribution in [0.4, 0.5) is 19.0 Å². The normalized spacial score (nSPS) is 11.6. The molecule has 0 bridgehead atoms. The van der Waals surface area contributed by atoms with Gasteiger partial charge >= 0.3 is 6.18 Å². The van der Waals surface area contributed by atoms with E-state index in [1.54, 1.807) is 6.92 Å². The first-order valence-electron chi connectivity index (χ1n) is 5.13. The number of aryl methyl sites for hydroxylation is 2. The van der Waals surface area contributed by atoms with Crippen LogP contribution in [0.1, 0.15) is 21.9 Å². The van der Waals surface area contributed by atoms with Gasteiger partial charge in [-0.3, -0.25) is 9.48 Å². The van der Waals surface area contributed by atoms with E-state index in [9.17, 15) is 18.0 Å². The van der Waals surface area contributed by atoms with Crippen LogP contribution in [0.25, 0.3) is 0 Å². The fourth-order valence-electron chi connectivity index (χ4n) is 1.44. The topological polar surface area (TPSA) is 73.0 Å². The standard InChI is InChI=1S/C10H9F3N4O2/c1-5-3-6(19-16-5)9(18)14-8-4-7(10(11,12)13)17(2)15-8/h3-4H,1-2H3,(H,14,15,18). The molecule has 0 aliphatic heterocycles. The van der Waals surface area contributed by atoms with Crippen LogP contribution in [0.2, 0.25) is 0 Å². The smallest absolute Gasteiger partial charge is 0.351 e. The summed E-state index contributed by atoms with van der Waals surface area (Å²) in [7, 11) is 1.14. The van der Waals surface area contributed by atoms with Crippen molar-refractivity contribution in [3.05, 3.63) is 29.3 Å². The van der Waals surface area contributed by atoms with Gasteiger partial charge in [-0.25, -0.2) is 0 Å². The highest BCUT2D eigenvalue weighted by Crippen LogP contribution is 2.30. The highest BCUT2D eigenvalue weighted by Gasteiger charge is 2.35. The summed E-state index contributed by atoms with van der Waals surface area (Å²) in [5.41, 5.74) is -0.473. The van der Waals surface area contributed by atoms with Crippen LogP contribution in [0.15, 0.2) is 16.7 Å². The lowest BCUT2D eigenvalue weighted by molar-refractivity contribution is -0.143. The second-order valence-corrected chi connectivity index (χ2v) is 3.82. The van der Waals surface area contributed by atoms with Gasteiger partial charge in [0.1, 0.15) is 5.69 Å². The molecule has 9 heteroatoms. The quantitative estimate of drug-likeness (QED) is 0.908. The van der Waals surface area contributed by atoms with Crippen molar-refractivity contribution >= 4 is 11.7 Å². The minimum Gasteiger partial charge on any atom is -0.351 e. The minimum absolute atomic E-state index is 0.100. The first-order chi connectivity index (χ1) is 8.77. The Morgan fingerprint density at radius 1 is 1.42 bits per heavy atom. The molecule has 1 amide bonds. The first-order valence-corrected chi connectivity index (χ1v) is 5.13. The summed E-state index contributed by atoms with van der Waals surface area (Å²) in [6.07, 6.45) is -4.53. The fraction of sp³-hybridized carbons (Fsp3) is 0.300. The zero-order chi connectivity index (χ0) is 14.2. The molecule has 0 fully saturated rings. The molecule has 2 rings (SSSR count). The molecule has 0 aliphatic carbocycles. The Balaban J connectivity index is 2.18. The average molecular weight is 274 g/mol. The monoisotopic (exact) mass is 274 g/mol. The van der Waals surface area contributed by atoms with Crippen molar-refractivity contribution in [3.63, 3.8) is 0 Å². The van der Waals surface area contributed by atoms with Gasteiger partial charge in [0.15, 0.2) is 5.82 Å². The molecule has 1 N–H and O–H groups in total. The predicted octanol–water partition coefficient (Wildman–Crippen LogP) is 1.99. The summed E-state index contributed by atoms with van der Waals surface area (Å²) in [4.78, 5) is 11.6. The molecular formula is C10H9F3N4O2. The number of alkyl halides is 3. The van der Waals surface area contributed by atoms with Crippen molar-refractivity contribution in [3.8, 4) is 0 Å². The van der Waals surface area contributed by atoms with E-state index >= 15 is 0 Å². The number of halogens is 3. The number of carbonyl (C=O) groups is 1. The molecule has 2 aromatic heterocycles. The lowest BCUT2D eigenvalue weighted by Crippen LogP contribution is -2.11. The minimum atomic E-state index is -4.53. The molecule has 0 unspecified atom stereocenters. The van der Waals surface area contributed by atoms with E-state index in [-0.39, 0.29) is 11.6 Å². The van der Waals surface area contributed by atoms with Crippen molar-refractivity contribution in [2.75, 3.05) is 5.32 Å². The maximum Gasteiger partial charge on any atom is 0.433 e. The van der Waals surface area contributed by atoms with Crippen LogP contribution in [-0.2, 0) is 13.2 Å². The van der Waals surface area contributed by atoms with Gasteiger partial charge in [0.05, 0.1) is 5.69 Å².